The average molecular weight is 298 g/mol. The van der Waals surface area contributed by atoms with E-state index in [9.17, 15) is 5.11 Å². The van der Waals surface area contributed by atoms with Gasteiger partial charge in [-0.25, -0.2) is 0 Å². The number of methoxy groups -OCH3 is 1. The largest absolute Gasteiger partial charge is 0.504 e. The molecule has 2 rings (SSSR count). The summed E-state index contributed by atoms with van der Waals surface area (Å²) in [6.07, 6.45) is 4.52. The minimum absolute atomic E-state index is 0.207. The van der Waals surface area contributed by atoms with Crippen molar-refractivity contribution in [2.24, 2.45) is 5.92 Å². The van der Waals surface area contributed by atoms with Gasteiger partial charge in [-0.15, -0.1) is 0 Å². The third-order valence-corrected chi connectivity index (χ3v) is 4.22. The lowest BCUT2D eigenvalue weighted by atomic mass is 9.94. The van der Waals surface area contributed by atoms with Crippen molar-refractivity contribution in [3.63, 3.8) is 0 Å². The maximum Gasteiger partial charge on any atom is 0.160 e. The first-order valence-corrected chi connectivity index (χ1v) is 8.00. The molecule has 0 radical (unpaired) electrons. The highest BCUT2D eigenvalue weighted by atomic mass is 16.5. The molecule has 0 amide bonds. The molecule has 0 saturated carbocycles. The van der Waals surface area contributed by atoms with Gasteiger partial charge < -0.3 is 9.84 Å². The van der Waals surface area contributed by atoms with Crippen LogP contribution in [-0.2, 0) is 12.8 Å². The second kappa shape index (κ2) is 7.88. The maximum atomic E-state index is 9.62. The van der Waals surface area contributed by atoms with Crippen LogP contribution in [0.1, 0.15) is 36.5 Å². The topological polar surface area (TPSA) is 29.5 Å². The Kier molecular flexibility index (Phi) is 5.88. The summed E-state index contributed by atoms with van der Waals surface area (Å²) in [7, 11) is 1.59. The van der Waals surface area contributed by atoms with E-state index in [0.29, 0.717) is 11.7 Å². The zero-order valence-corrected chi connectivity index (χ0v) is 13.8. The molecule has 2 aromatic rings. The van der Waals surface area contributed by atoms with Crippen molar-refractivity contribution < 1.29 is 9.84 Å². The molecule has 0 heterocycles. The summed E-state index contributed by atoms with van der Waals surface area (Å²) in [5, 5.41) is 9.62. The number of aryl methyl sites for hydroxylation is 3. The second-order valence-electron chi connectivity index (χ2n) is 6.17. The Morgan fingerprint density at radius 2 is 1.55 bits per heavy atom. The zero-order valence-electron chi connectivity index (χ0n) is 13.8. The number of rotatable bonds is 7. The molecule has 0 bridgehead atoms. The Labute approximate surface area is 133 Å². The SMILES string of the molecule is COc1cc(CCC(C)CCc2ccc(C)cc2)ccc1O. The first kappa shape index (κ1) is 16.4. The lowest BCUT2D eigenvalue weighted by molar-refractivity contribution is 0.372. The fourth-order valence-electron chi connectivity index (χ4n) is 2.60. The first-order chi connectivity index (χ1) is 10.6. The van der Waals surface area contributed by atoms with Gasteiger partial charge in [-0.2, -0.15) is 0 Å². The molecule has 0 aliphatic rings. The minimum atomic E-state index is 0.207. The van der Waals surface area contributed by atoms with E-state index < -0.39 is 0 Å². The second-order valence-corrected chi connectivity index (χ2v) is 6.17. The van der Waals surface area contributed by atoms with Gasteiger partial charge in [0.15, 0.2) is 11.5 Å². The van der Waals surface area contributed by atoms with E-state index in [2.05, 4.69) is 38.1 Å². The predicted octanol–water partition coefficient (Wildman–Crippen LogP) is 4.91. The van der Waals surface area contributed by atoms with Crippen molar-refractivity contribution in [3.05, 3.63) is 59.2 Å². The highest BCUT2D eigenvalue weighted by Crippen LogP contribution is 2.27. The van der Waals surface area contributed by atoms with Crippen LogP contribution in [0, 0.1) is 12.8 Å². The number of phenols is 1. The molecule has 1 unspecified atom stereocenters. The van der Waals surface area contributed by atoms with E-state index in [1.165, 1.54) is 23.1 Å². The van der Waals surface area contributed by atoms with Crippen molar-refractivity contribution in [1.82, 2.24) is 0 Å². The standard InChI is InChI=1S/C20H26O2/c1-15-4-8-17(9-5-15)10-6-16(2)7-11-18-12-13-19(21)20(14-18)22-3/h4-5,8-9,12-14,16,21H,6-7,10-11H2,1-3H3. The maximum absolute atomic E-state index is 9.62. The molecule has 2 aromatic carbocycles. The summed E-state index contributed by atoms with van der Waals surface area (Å²) in [4.78, 5) is 0. The smallest absolute Gasteiger partial charge is 0.160 e. The molecule has 0 aromatic heterocycles. The predicted molar refractivity (Wildman–Crippen MR) is 91.6 cm³/mol. The third kappa shape index (κ3) is 4.80. The molecule has 0 aliphatic heterocycles. The molecule has 22 heavy (non-hydrogen) atoms. The molecule has 0 aliphatic carbocycles. The van der Waals surface area contributed by atoms with Crippen molar-refractivity contribution in [2.75, 3.05) is 7.11 Å². The summed E-state index contributed by atoms with van der Waals surface area (Å²) < 4.78 is 5.16. The van der Waals surface area contributed by atoms with Crippen molar-refractivity contribution in [1.29, 1.82) is 0 Å². The van der Waals surface area contributed by atoms with E-state index in [-0.39, 0.29) is 5.75 Å². The van der Waals surface area contributed by atoms with Crippen molar-refractivity contribution in [3.8, 4) is 11.5 Å². The summed E-state index contributed by atoms with van der Waals surface area (Å²) >= 11 is 0. The van der Waals surface area contributed by atoms with Gasteiger partial charge in [0.05, 0.1) is 7.11 Å². The lowest BCUT2D eigenvalue weighted by Crippen LogP contribution is -2.00. The van der Waals surface area contributed by atoms with Crippen LogP contribution in [0.4, 0.5) is 0 Å². The van der Waals surface area contributed by atoms with E-state index in [0.717, 1.165) is 19.3 Å². The van der Waals surface area contributed by atoms with Crippen LogP contribution in [0.5, 0.6) is 11.5 Å². The van der Waals surface area contributed by atoms with Crippen LogP contribution in [0.3, 0.4) is 0 Å². The number of phenolic OH excluding ortho intramolecular Hbond substituents is 1. The van der Waals surface area contributed by atoms with Gasteiger partial charge in [-0.3, -0.25) is 0 Å². The van der Waals surface area contributed by atoms with Crippen molar-refractivity contribution in [2.45, 2.75) is 39.5 Å². The quantitative estimate of drug-likeness (QED) is 0.787. The van der Waals surface area contributed by atoms with Gasteiger partial charge >= 0.3 is 0 Å². The normalized spacial score (nSPS) is 12.1. The lowest BCUT2D eigenvalue weighted by Gasteiger charge is -2.12. The van der Waals surface area contributed by atoms with E-state index >= 15 is 0 Å². The van der Waals surface area contributed by atoms with Gasteiger partial charge in [-0.05, 0) is 61.8 Å². The molecule has 2 nitrogen and oxygen atoms in total. The zero-order chi connectivity index (χ0) is 15.9. The van der Waals surface area contributed by atoms with Crippen LogP contribution in [0.2, 0.25) is 0 Å². The van der Waals surface area contributed by atoms with Gasteiger partial charge in [0.1, 0.15) is 0 Å². The van der Waals surface area contributed by atoms with Gasteiger partial charge in [0, 0.05) is 0 Å². The summed E-state index contributed by atoms with van der Waals surface area (Å²) in [6.45, 7) is 4.43. The fraction of sp³-hybridized carbons (Fsp3) is 0.400. The first-order valence-electron chi connectivity index (χ1n) is 8.00. The average Bonchev–Trinajstić information content (AvgIpc) is 2.53. The van der Waals surface area contributed by atoms with Crippen LogP contribution < -0.4 is 4.74 Å². The third-order valence-electron chi connectivity index (χ3n) is 4.22. The Morgan fingerprint density at radius 3 is 2.18 bits per heavy atom. The summed E-state index contributed by atoms with van der Waals surface area (Å²) in [5.74, 6) is 1.45. The van der Waals surface area contributed by atoms with Gasteiger partial charge in [0.25, 0.3) is 0 Å². The monoisotopic (exact) mass is 298 g/mol. The van der Waals surface area contributed by atoms with Gasteiger partial charge in [0.2, 0.25) is 0 Å². The Balaban J connectivity index is 1.80. The molecule has 0 saturated heterocycles. The number of aromatic hydroxyl groups is 1. The Morgan fingerprint density at radius 1 is 0.955 bits per heavy atom. The molecule has 118 valence electrons. The molecule has 1 N–H and O–H groups in total. The molecule has 0 spiro atoms. The number of hydrogen-bond acceptors (Lipinski definition) is 2. The number of hydrogen-bond donors (Lipinski definition) is 1. The summed E-state index contributed by atoms with van der Waals surface area (Å²) in [6, 6.07) is 14.4. The number of ether oxygens (including phenoxy) is 1. The molecular formula is C20H26O2. The van der Waals surface area contributed by atoms with Crippen molar-refractivity contribution >= 4 is 0 Å². The minimum Gasteiger partial charge on any atom is -0.504 e. The van der Waals surface area contributed by atoms with E-state index in [1.54, 1.807) is 13.2 Å². The molecule has 2 heteroatoms. The highest BCUT2D eigenvalue weighted by Gasteiger charge is 2.06. The van der Waals surface area contributed by atoms with E-state index in [1.807, 2.05) is 12.1 Å². The van der Waals surface area contributed by atoms with Crippen LogP contribution >= 0.6 is 0 Å². The number of benzene rings is 2. The van der Waals surface area contributed by atoms with Gasteiger partial charge in [-0.1, -0.05) is 42.8 Å². The summed E-state index contributed by atoms with van der Waals surface area (Å²) in [5.41, 5.74) is 3.96. The van der Waals surface area contributed by atoms with E-state index in [4.69, 9.17) is 4.74 Å². The Bertz CT molecular complexity index is 587. The fourth-order valence-corrected chi connectivity index (χ4v) is 2.60. The molecule has 0 fully saturated rings. The van der Waals surface area contributed by atoms with Crippen LogP contribution in [0.15, 0.2) is 42.5 Å². The van der Waals surface area contributed by atoms with Crippen LogP contribution in [-0.4, -0.2) is 12.2 Å². The van der Waals surface area contributed by atoms with Crippen LogP contribution in [0.25, 0.3) is 0 Å². The molecule has 1 atom stereocenters. The molecular weight excluding hydrogens is 272 g/mol. The Hall–Kier alpha value is -1.96. The highest BCUT2D eigenvalue weighted by molar-refractivity contribution is 5.41.